The van der Waals surface area contributed by atoms with E-state index in [0.29, 0.717) is 5.92 Å². The van der Waals surface area contributed by atoms with Crippen molar-refractivity contribution >= 4 is 17.6 Å². The average Bonchev–Trinajstić information content (AvgIpc) is 1.81. The molecule has 1 aliphatic rings. The van der Waals surface area contributed by atoms with Gasteiger partial charge in [-0.15, -0.1) is 0 Å². The van der Waals surface area contributed by atoms with Crippen LogP contribution in [0.4, 0.5) is 0 Å². The van der Waals surface area contributed by atoms with E-state index in [1.165, 1.54) is 19.3 Å². The lowest BCUT2D eigenvalue weighted by atomic mass is 9.87. The Kier molecular flexibility index (Phi) is 3.18. The zero-order chi connectivity index (χ0) is 9.19. The van der Waals surface area contributed by atoms with E-state index in [4.69, 9.17) is 0 Å². The lowest BCUT2D eigenvalue weighted by Crippen LogP contribution is -2.26. The molecule has 70 valence electrons. The summed E-state index contributed by atoms with van der Waals surface area (Å²) in [5, 5.41) is 0. The van der Waals surface area contributed by atoms with Gasteiger partial charge in [0.05, 0.1) is 6.21 Å². The van der Waals surface area contributed by atoms with Crippen LogP contribution < -0.4 is 0 Å². The van der Waals surface area contributed by atoms with Crippen molar-refractivity contribution in [1.29, 1.82) is 0 Å². The monoisotopic (exact) mass is 187 g/mol. The smallest absolute Gasteiger partial charge is 0.144 e. The molecule has 0 N–H and O–H groups in total. The van der Waals surface area contributed by atoms with Gasteiger partial charge in [-0.25, -0.2) is 0 Å². The molecule has 12 heavy (non-hydrogen) atoms. The highest BCUT2D eigenvalue weighted by Gasteiger charge is 2.26. The molecule has 1 rings (SSSR count). The third-order valence-electron chi connectivity index (χ3n) is 2.04. The summed E-state index contributed by atoms with van der Waals surface area (Å²) in [6, 6.07) is 0. The second-order valence-corrected chi connectivity index (χ2v) is 6.24. The van der Waals surface area contributed by atoms with Crippen LogP contribution in [0, 0.1) is 5.92 Å². The summed E-state index contributed by atoms with van der Waals surface area (Å²) >= 11 is -1.06. The molecule has 0 aromatic rings. The van der Waals surface area contributed by atoms with E-state index in [9.17, 15) is 4.55 Å². The van der Waals surface area contributed by atoms with Crippen molar-refractivity contribution in [1.82, 2.24) is 0 Å². The van der Waals surface area contributed by atoms with E-state index in [-0.39, 0.29) is 4.75 Å². The molecule has 0 aliphatic heterocycles. The van der Waals surface area contributed by atoms with Crippen LogP contribution >= 0.6 is 0 Å². The molecule has 1 unspecified atom stereocenters. The maximum absolute atomic E-state index is 11.4. The van der Waals surface area contributed by atoms with Gasteiger partial charge in [0, 0.05) is 0 Å². The highest BCUT2D eigenvalue weighted by molar-refractivity contribution is 7.91. The van der Waals surface area contributed by atoms with Crippen LogP contribution in [0.2, 0.25) is 0 Å². The number of rotatable bonds is 2. The van der Waals surface area contributed by atoms with Gasteiger partial charge in [0.15, 0.2) is 0 Å². The molecule has 0 saturated heterocycles. The van der Waals surface area contributed by atoms with Crippen molar-refractivity contribution in [3.8, 4) is 0 Å². The molecule has 1 aliphatic carbocycles. The van der Waals surface area contributed by atoms with Gasteiger partial charge in [0.1, 0.15) is 16.1 Å². The molecule has 0 amide bonds. The second kappa shape index (κ2) is 3.79. The third-order valence-corrected chi connectivity index (χ3v) is 3.40. The molecule has 0 radical (unpaired) electrons. The number of hydrogen-bond acceptors (Lipinski definition) is 2. The van der Waals surface area contributed by atoms with E-state index in [1.807, 2.05) is 27.0 Å². The lowest BCUT2D eigenvalue weighted by molar-refractivity contribution is 0.421. The lowest BCUT2D eigenvalue weighted by Gasteiger charge is -2.22. The summed E-state index contributed by atoms with van der Waals surface area (Å²) in [4.78, 5) is 0. The Morgan fingerprint density at radius 3 is 2.33 bits per heavy atom. The largest absolute Gasteiger partial charge is 0.591 e. The van der Waals surface area contributed by atoms with E-state index >= 15 is 0 Å². The quantitative estimate of drug-likeness (QED) is 0.482. The van der Waals surface area contributed by atoms with Crippen LogP contribution in [0.5, 0.6) is 0 Å². The highest BCUT2D eigenvalue weighted by atomic mass is 32.2. The molecular formula is C9H17NOS. The van der Waals surface area contributed by atoms with Gasteiger partial charge in [-0.1, -0.05) is 10.8 Å². The van der Waals surface area contributed by atoms with E-state index < -0.39 is 11.4 Å². The summed E-state index contributed by atoms with van der Waals surface area (Å²) in [7, 11) is 0. The topological polar surface area (TPSA) is 35.4 Å². The molecule has 0 bridgehead atoms. The van der Waals surface area contributed by atoms with Crippen LogP contribution in [0.15, 0.2) is 4.40 Å². The Morgan fingerprint density at radius 2 is 2.00 bits per heavy atom. The molecular weight excluding hydrogens is 170 g/mol. The molecule has 2 nitrogen and oxygen atoms in total. The normalized spacial score (nSPS) is 22.7. The second-order valence-electron chi connectivity index (χ2n) is 4.31. The molecule has 0 aromatic heterocycles. The SMILES string of the molecule is CC(C)(C)[S+]([O-])N=CC1CCC1. The first-order valence-electron chi connectivity index (χ1n) is 4.46. The van der Waals surface area contributed by atoms with Crippen molar-refractivity contribution in [3.05, 3.63) is 0 Å². The van der Waals surface area contributed by atoms with Crippen LogP contribution in [-0.2, 0) is 11.4 Å². The summed E-state index contributed by atoms with van der Waals surface area (Å²) in [6.07, 6.45) is 5.64. The first-order chi connectivity index (χ1) is 5.50. The molecule has 1 fully saturated rings. The summed E-state index contributed by atoms with van der Waals surface area (Å²) in [5.74, 6) is 0.608. The van der Waals surface area contributed by atoms with Crippen molar-refractivity contribution in [2.45, 2.75) is 44.8 Å². The third kappa shape index (κ3) is 2.79. The Bertz CT molecular complexity index is 170. The maximum Gasteiger partial charge on any atom is 0.144 e. The highest BCUT2D eigenvalue weighted by Crippen LogP contribution is 2.25. The van der Waals surface area contributed by atoms with E-state index in [1.54, 1.807) is 0 Å². The van der Waals surface area contributed by atoms with E-state index in [0.717, 1.165) is 0 Å². The fourth-order valence-electron chi connectivity index (χ4n) is 0.888. The Morgan fingerprint density at radius 1 is 1.42 bits per heavy atom. The number of nitrogens with zero attached hydrogens (tertiary/aromatic N) is 1. The molecule has 0 spiro atoms. The predicted molar refractivity (Wildman–Crippen MR) is 53.7 cm³/mol. The molecule has 1 atom stereocenters. The fourth-order valence-corrected chi connectivity index (χ4v) is 1.49. The minimum atomic E-state index is -1.06. The van der Waals surface area contributed by atoms with Gasteiger partial charge in [-0.05, 0) is 39.5 Å². The zero-order valence-corrected chi connectivity index (χ0v) is 8.86. The molecule has 3 heteroatoms. The van der Waals surface area contributed by atoms with Crippen molar-refractivity contribution in [3.63, 3.8) is 0 Å². The van der Waals surface area contributed by atoms with Crippen molar-refractivity contribution in [2.24, 2.45) is 10.3 Å². The predicted octanol–water partition coefficient (Wildman–Crippen LogP) is 2.32. The molecule has 0 heterocycles. The van der Waals surface area contributed by atoms with E-state index in [2.05, 4.69) is 4.40 Å². The van der Waals surface area contributed by atoms with Gasteiger partial charge in [-0.2, -0.15) is 0 Å². The Labute approximate surface area is 77.8 Å². The first kappa shape index (κ1) is 10.1. The minimum absolute atomic E-state index is 0.208. The van der Waals surface area contributed by atoms with Crippen LogP contribution in [0.3, 0.4) is 0 Å². The Hall–Kier alpha value is -0.0200. The van der Waals surface area contributed by atoms with Gasteiger partial charge < -0.3 is 4.55 Å². The van der Waals surface area contributed by atoms with Gasteiger partial charge in [0.25, 0.3) is 0 Å². The zero-order valence-electron chi connectivity index (χ0n) is 8.04. The first-order valence-corrected chi connectivity index (χ1v) is 5.57. The van der Waals surface area contributed by atoms with Crippen molar-refractivity contribution in [2.75, 3.05) is 0 Å². The van der Waals surface area contributed by atoms with Crippen LogP contribution in [0.25, 0.3) is 0 Å². The Balaban J connectivity index is 2.33. The standard InChI is InChI=1S/C9H17NOS/c1-9(2,3)12(11)10-7-8-5-4-6-8/h7-8H,4-6H2,1-3H3. The molecule has 1 saturated carbocycles. The van der Waals surface area contributed by atoms with Crippen LogP contribution in [-0.4, -0.2) is 15.5 Å². The number of hydrogen-bond donors (Lipinski definition) is 0. The summed E-state index contributed by atoms with van der Waals surface area (Å²) < 4.78 is 15.3. The maximum atomic E-state index is 11.4. The summed E-state index contributed by atoms with van der Waals surface area (Å²) in [6.45, 7) is 5.84. The summed E-state index contributed by atoms with van der Waals surface area (Å²) in [5.41, 5.74) is 0. The van der Waals surface area contributed by atoms with Crippen LogP contribution in [0.1, 0.15) is 40.0 Å². The fraction of sp³-hybridized carbons (Fsp3) is 0.889. The van der Waals surface area contributed by atoms with Gasteiger partial charge >= 0.3 is 0 Å². The van der Waals surface area contributed by atoms with Crippen molar-refractivity contribution < 1.29 is 4.55 Å². The average molecular weight is 187 g/mol. The van der Waals surface area contributed by atoms with Gasteiger partial charge in [0.2, 0.25) is 0 Å². The van der Waals surface area contributed by atoms with Gasteiger partial charge in [-0.3, -0.25) is 0 Å². The minimum Gasteiger partial charge on any atom is -0.591 e. The molecule has 0 aromatic carbocycles.